The molecule has 4 heteroatoms. The van der Waals surface area contributed by atoms with Crippen molar-refractivity contribution in [3.63, 3.8) is 0 Å². The van der Waals surface area contributed by atoms with Crippen LogP contribution in [0.2, 0.25) is 0 Å². The topological polar surface area (TPSA) is 69.2 Å². The summed E-state index contributed by atoms with van der Waals surface area (Å²) in [6.07, 6.45) is 6.44. The normalized spacial score (nSPS) is 29.3. The summed E-state index contributed by atoms with van der Waals surface area (Å²) in [4.78, 5) is 23.9. The molecule has 1 fully saturated rings. The number of carbonyl (C=O) groups is 2. The van der Waals surface area contributed by atoms with Crippen LogP contribution in [0, 0.1) is 23.7 Å². The van der Waals surface area contributed by atoms with E-state index in [1.54, 1.807) is 0 Å². The van der Waals surface area contributed by atoms with Crippen molar-refractivity contribution in [3.05, 3.63) is 48.0 Å². The molecule has 1 amide bonds. The van der Waals surface area contributed by atoms with E-state index in [0.29, 0.717) is 6.54 Å². The largest absolute Gasteiger partial charge is 0.550 e. The number of hydrogen-bond acceptors (Lipinski definition) is 3. The summed E-state index contributed by atoms with van der Waals surface area (Å²) in [5.41, 5.74) is 1.16. The maximum atomic E-state index is 12.5. The van der Waals surface area contributed by atoms with Crippen LogP contribution < -0.4 is 10.4 Å². The third-order valence-electron chi connectivity index (χ3n) is 4.88. The Balaban J connectivity index is 1.61. The molecule has 22 heavy (non-hydrogen) atoms. The standard InChI is InChI=1S/C18H21NO3/c20-17(19-11-10-12-4-2-1-3-5-12)15-13-6-8-14(9-7-13)16(15)18(21)22/h1-6,8,13-16H,7,9-11H2,(H,19,20)(H,21,22)/p-1/t13-,14+,15+,16-/m1/s1. The highest BCUT2D eigenvalue weighted by Gasteiger charge is 2.44. The minimum atomic E-state index is -1.10. The van der Waals surface area contributed by atoms with Crippen LogP contribution in [0.25, 0.3) is 0 Å². The summed E-state index contributed by atoms with van der Waals surface area (Å²) in [5.74, 6) is -2.43. The second-order valence-electron chi connectivity index (χ2n) is 6.19. The molecule has 0 aromatic heterocycles. The summed E-state index contributed by atoms with van der Waals surface area (Å²) in [6, 6.07) is 9.92. The van der Waals surface area contributed by atoms with E-state index in [-0.39, 0.29) is 17.7 Å². The summed E-state index contributed by atoms with van der Waals surface area (Å²) in [7, 11) is 0. The van der Waals surface area contributed by atoms with Gasteiger partial charge in [-0.2, -0.15) is 0 Å². The molecule has 0 aliphatic heterocycles. The van der Waals surface area contributed by atoms with Crippen LogP contribution >= 0.6 is 0 Å². The van der Waals surface area contributed by atoms with Gasteiger partial charge in [0, 0.05) is 18.4 Å². The van der Waals surface area contributed by atoms with Crippen molar-refractivity contribution in [1.82, 2.24) is 5.32 Å². The highest BCUT2D eigenvalue weighted by molar-refractivity contribution is 5.85. The molecule has 1 aromatic rings. The number of benzene rings is 1. The van der Waals surface area contributed by atoms with Crippen molar-refractivity contribution in [2.24, 2.45) is 23.7 Å². The Bertz CT molecular complexity index is 581. The summed E-state index contributed by atoms with van der Waals surface area (Å²) < 4.78 is 0. The highest BCUT2D eigenvalue weighted by atomic mass is 16.4. The van der Waals surface area contributed by atoms with E-state index in [9.17, 15) is 14.7 Å². The van der Waals surface area contributed by atoms with Gasteiger partial charge in [0.1, 0.15) is 0 Å². The van der Waals surface area contributed by atoms with Crippen LogP contribution in [0.4, 0.5) is 0 Å². The molecule has 0 unspecified atom stereocenters. The predicted molar refractivity (Wildman–Crippen MR) is 80.5 cm³/mol. The molecule has 0 spiro atoms. The average Bonchev–Trinajstić information content (AvgIpc) is 2.55. The lowest BCUT2D eigenvalue weighted by atomic mass is 9.62. The second-order valence-corrected chi connectivity index (χ2v) is 6.19. The van der Waals surface area contributed by atoms with Gasteiger partial charge in [0.15, 0.2) is 0 Å². The number of nitrogens with one attached hydrogen (secondary N) is 1. The number of hydrogen-bond donors (Lipinski definition) is 1. The lowest BCUT2D eigenvalue weighted by molar-refractivity contribution is -0.316. The van der Waals surface area contributed by atoms with E-state index >= 15 is 0 Å². The molecule has 0 heterocycles. The van der Waals surface area contributed by atoms with Crippen LogP contribution in [0.15, 0.2) is 42.5 Å². The molecule has 3 aliphatic rings. The van der Waals surface area contributed by atoms with Crippen molar-refractivity contribution >= 4 is 11.9 Å². The maximum absolute atomic E-state index is 12.5. The summed E-state index contributed by atoms with van der Waals surface area (Å²) in [6.45, 7) is 0.528. The smallest absolute Gasteiger partial charge is 0.224 e. The Labute approximate surface area is 130 Å². The predicted octanol–water partition coefficient (Wildman–Crippen LogP) is 0.924. The summed E-state index contributed by atoms with van der Waals surface area (Å²) >= 11 is 0. The Morgan fingerprint density at radius 3 is 2.27 bits per heavy atom. The second kappa shape index (κ2) is 6.34. The molecule has 1 saturated carbocycles. The molecule has 1 N–H and O–H groups in total. The number of amides is 1. The van der Waals surface area contributed by atoms with Gasteiger partial charge < -0.3 is 15.2 Å². The molecule has 4 nitrogen and oxygen atoms in total. The van der Waals surface area contributed by atoms with E-state index in [0.717, 1.165) is 24.8 Å². The molecule has 2 bridgehead atoms. The zero-order valence-corrected chi connectivity index (χ0v) is 12.4. The van der Waals surface area contributed by atoms with Crippen LogP contribution in [-0.4, -0.2) is 18.4 Å². The van der Waals surface area contributed by atoms with Crippen molar-refractivity contribution in [2.45, 2.75) is 19.3 Å². The number of carbonyl (C=O) groups excluding carboxylic acids is 2. The fourth-order valence-electron chi connectivity index (χ4n) is 3.77. The SMILES string of the molecule is O=C(NCCc1ccccc1)[C@@H]1[C@H](C(=O)[O-])[C@H]2C=C[C@@H]1CC2. The van der Waals surface area contributed by atoms with Gasteiger partial charge in [-0.1, -0.05) is 42.5 Å². The van der Waals surface area contributed by atoms with Crippen molar-refractivity contribution in [1.29, 1.82) is 0 Å². The lowest BCUT2D eigenvalue weighted by Gasteiger charge is -2.44. The van der Waals surface area contributed by atoms with Gasteiger partial charge in [0.25, 0.3) is 0 Å². The molecular formula is C18H20NO3-. The van der Waals surface area contributed by atoms with E-state index in [2.05, 4.69) is 5.32 Å². The first kappa shape index (κ1) is 14.8. The average molecular weight is 298 g/mol. The fourth-order valence-corrected chi connectivity index (χ4v) is 3.77. The van der Waals surface area contributed by atoms with Crippen LogP contribution in [0.3, 0.4) is 0 Å². The highest BCUT2D eigenvalue weighted by Crippen LogP contribution is 2.44. The molecule has 0 radical (unpaired) electrons. The fraction of sp³-hybridized carbons (Fsp3) is 0.444. The monoisotopic (exact) mass is 298 g/mol. The molecule has 4 rings (SSSR count). The first-order valence-corrected chi connectivity index (χ1v) is 7.87. The van der Waals surface area contributed by atoms with E-state index in [1.807, 2.05) is 42.5 Å². The van der Waals surface area contributed by atoms with Gasteiger partial charge in [-0.3, -0.25) is 4.79 Å². The Hall–Kier alpha value is -2.10. The Kier molecular flexibility index (Phi) is 4.27. The minimum absolute atomic E-state index is 0.0321. The van der Waals surface area contributed by atoms with Crippen molar-refractivity contribution < 1.29 is 14.7 Å². The molecule has 0 saturated heterocycles. The van der Waals surface area contributed by atoms with E-state index in [4.69, 9.17) is 0 Å². The third kappa shape index (κ3) is 2.91. The molecule has 4 atom stereocenters. The minimum Gasteiger partial charge on any atom is -0.550 e. The van der Waals surface area contributed by atoms with E-state index < -0.39 is 17.8 Å². The van der Waals surface area contributed by atoms with Gasteiger partial charge >= 0.3 is 0 Å². The molecule has 1 aromatic carbocycles. The molecular weight excluding hydrogens is 278 g/mol. The van der Waals surface area contributed by atoms with Crippen LogP contribution in [-0.2, 0) is 16.0 Å². The Morgan fingerprint density at radius 1 is 1.05 bits per heavy atom. The number of carboxylic acid groups (broad SMARTS) is 1. The Morgan fingerprint density at radius 2 is 1.68 bits per heavy atom. The van der Waals surface area contributed by atoms with Crippen LogP contribution in [0.5, 0.6) is 0 Å². The van der Waals surface area contributed by atoms with Gasteiger partial charge in [0.2, 0.25) is 5.91 Å². The number of carboxylic acids is 1. The first-order valence-electron chi connectivity index (χ1n) is 7.87. The van der Waals surface area contributed by atoms with Gasteiger partial charge in [-0.05, 0) is 36.7 Å². The number of allylic oxidation sites excluding steroid dienone is 2. The lowest BCUT2D eigenvalue weighted by Crippen LogP contribution is -2.52. The number of aliphatic carboxylic acids is 1. The zero-order valence-electron chi connectivity index (χ0n) is 12.4. The van der Waals surface area contributed by atoms with Gasteiger partial charge in [0.05, 0.1) is 5.92 Å². The van der Waals surface area contributed by atoms with Crippen LogP contribution in [0.1, 0.15) is 18.4 Å². The number of rotatable bonds is 5. The molecule has 3 aliphatic carbocycles. The molecule has 116 valence electrons. The maximum Gasteiger partial charge on any atom is 0.224 e. The van der Waals surface area contributed by atoms with Gasteiger partial charge in [-0.15, -0.1) is 0 Å². The zero-order chi connectivity index (χ0) is 15.5. The number of fused-ring (bicyclic) bond motifs is 2. The van der Waals surface area contributed by atoms with E-state index in [1.165, 1.54) is 0 Å². The quantitative estimate of drug-likeness (QED) is 0.822. The first-order chi connectivity index (χ1) is 10.7. The van der Waals surface area contributed by atoms with Crippen molar-refractivity contribution in [3.8, 4) is 0 Å². The third-order valence-corrected chi connectivity index (χ3v) is 4.88. The summed E-state index contributed by atoms with van der Waals surface area (Å²) in [5, 5.41) is 14.3. The van der Waals surface area contributed by atoms with Crippen molar-refractivity contribution in [2.75, 3.05) is 6.54 Å². The van der Waals surface area contributed by atoms with Gasteiger partial charge in [-0.25, -0.2) is 0 Å².